The Kier molecular flexibility index (Phi) is 4.80. The quantitative estimate of drug-likeness (QED) is 0.911. The lowest BCUT2D eigenvalue weighted by molar-refractivity contribution is -0.274. The van der Waals surface area contributed by atoms with Gasteiger partial charge in [-0.05, 0) is 38.1 Å². The number of ether oxygens (including phenoxy) is 2. The van der Waals surface area contributed by atoms with Crippen molar-refractivity contribution in [3.05, 3.63) is 24.3 Å². The van der Waals surface area contributed by atoms with Gasteiger partial charge in [-0.25, -0.2) is 4.79 Å². The predicted octanol–water partition coefficient (Wildman–Crippen LogP) is 3.23. The molecule has 1 aromatic carbocycles. The molecule has 0 aromatic heterocycles. The van der Waals surface area contributed by atoms with Crippen molar-refractivity contribution in [3.63, 3.8) is 0 Å². The fourth-order valence-corrected chi connectivity index (χ4v) is 2.29. The van der Waals surface area contributed by atoms with Gasteiger partial charge in [0.1, 0.15) is 5.75 Å². The van der Waals surface area contributed by atoms with Crippen LogP contribution in [0.15, 0.2) is 24.3 Å². The lowest BCUT2D eigenvalue weighted by atomic mass is 10.2. The molecule has 2 amide bonds. The zero-order chi connectivity index (χ0) is 16.3. The lowest BCUT2D eigenvalue weighted by Crippen LogP contribution is -2.49. The third-order valence-electron chi connectivity index (χ3n) is 3.05. The maximum atomic E-state index is 12.1. The van der Waals surface area contributed by atoms with E-state index in [0.717, 1.165) is 12.1 Å². The first-order valence-electron chi connectivity index (χ1n) is 6.80. The van der Waals surface area contributed by atoms with Crippen molar-refractivity contribution in [2.45, 2.75) is 32.4 Å². The van der Waals surface area contributed by atoms with Crippen molar-refractivity contribution in [2.24, 2.45) is 0 Å². The minimum absolute atomic E-state index is 0.0583. The van der Waals surface area contributed by atoms with Gasteiger partial charge in [-0.2, -0.15) is 0 Å². The van der Waals surface area contributed by atoms with Gasteiger partial charge in [-0.1, -0.05) is 0 Å². The first-order valence-corrected chi connectivity index (χ1v) is 6.80. The smallest absolute Gasteiger partial charge is 0.406 e. The van der Waals surface area contributed by atoms with Crippen LogP contribution in [-0.4, -0.2) is 42.6 Å². The number of anilines is 1. The molecule has 0 bridgehead atoms. The standard InChI is InChI=1S/C14H17F3N2O3/c1-9-7-19(8-10(2)21-9)13(20)18-11-3-5-12(6-4-11)22-14(15,16)17/h3-6,9-10H,7-8H2,1-2H3,(H,18,20). The summed E-state index contributed by atoms with van der Waals surface area (Å²) >= 11 is 0. The summed E-state index contributed by atoms with van der Waals surface area (Å²) in [4.78, 5) is 13.7. The van der Waals surface area contributed by atoms with Gasteiger partial charge in [-0.15, -0.1) is 13.2 Å². The number of alkyl halides is 3. The number of nitrogens with one attached hydrogen (secondary N) is 1. The highest BCUT2D eigenvalue weighted by molar-refractivity contribution is 5.89. The first-order chi connectivity index (χ1) is 10.2. The molecular weight excluding hydrogens is 301 g/mol. The van der Waals surface area contributed by atoms with Crippen molar-refractivity contribution in [1.82, 2.24) is 4.90 Å². The molecule has 22 heavy (non-hydrogen) atoms. The Labute approximate surface area is 126 Å². The molecule has 1 aliphatic heterocycles. The SMILES string of the molecule is CC1CN(C(=O)Nc2ccc(OC(F)(F)F)cc2)CC(C)O1. The van der Waals surface area contributed by atoms with Gasteiger partial charge in [0.05, 0.1) is 12.2 Å². The molecule has 2 atom stereocenters. The van der Waals surface area contributed by atoms with E-state index >= 15 is 0 Å². The molecule has 1 saturated heterocycles. The van der Waals surface area contributed by atoms with Crippen molar-refractivity contribution >= 4 is 11.7 Å². The third kappa shape index (κ3) is 4.80. The van der Waals surface area contributed by atoms with Crippen LogP contribution in [0.4, 0.5) is 23.7 Å². The Morgan fingerprint density at radius 2 is 1.77 bits per heavy atom. The van der Waals surface area contributed by atoms with Crippen LogP contribution in [0, 0.1) is 0 Å². The van der Waals surface area contributed by atoms with Crippen LogP contribution in [0.1, 0.15) is 13.8 Å². The van der Waals surface area contributed by atoms with Crippen molar-refractivity contribution in [3.8, 4) is 5.75 Å². The Morgan fingerprint density at radius 3 is 2.27 bits per heavy atom. The highest BCUT2D eigenvalue weighted by Crippen LogP contribution is 2.24. The number of carbonyl (C=O) groups excluding carboxylic acids is 1. The van der Waals surface area contributed by atoms with Crippen LogP contribution in [-0.2, 0) is 4.74 Å². The zero-order valence-electron chi connectivity index (χ0n) is 12.2. The number of carbonyl (C=O) groups is 1. The summed E-state index contributed by atoms with van der Waals surface area (Å²) in [5.41, 5.74) is 0.395. The van der Waals surface area contributed by atoms with E-state index in [9.17, 15) is 18.0 Å². The molecule has 1 aliphatic rings. The van der Waals surface area contributed by atoms with E-state index in [0.29, 0.717) is 18.8 Å². The van der Waals surface area contributed by atoms with E-state index in [1.807, 2.05) is 13.8 Å². The average Bonchev–Trinajstić information content (AvgIpc) is 2.38. The van der Waals surface area contributed by atoms with Crippen LogP contribution < -0.4 is 10.1 Å². The highest BCUT2D eigenvalue weighted by Gasteiger charge is 2.31. The summed E-state index contributed by atoms with van der Waals surface area (Å²) in [6.07, 6.45) is -4.85. The van der Waals surface area contributed by atoms with Gasteiger partial charge in [0.15, 0.2) is 0 Å². The highest BCUT2D eigenvalue weighted by atomic mass is 19.4. The third-order valence-corrected chi connectivity index (χ3v) is 3.05. The van der Waals surface area contributed by atoms with Gasteiger partial charge in [0.2, 0.25) is 0 Å². The summed E-state index contributed by atoms with van der Waals surface area (Å²) < 4.78 is 45.5. The molecule has 5 nitrogen and oxygen atoms in total. The number of urea groups is 1. The normalized spacial score (nSPS) is 22.3. The van der Waals surface area contributed by atoms with Crippen LogP contribution in [0.5, 0.6) is 5.75 Å². The van der Waals surface area contributed by atoms with Gasteiger partial charge in [0, 0.05) is 18.8 Å². The fraction of sp³-hybridized carbons (Fsp3) is 0.500. The minimum atomic E-state index is -4.73. The Balaban J connectivity index is 1.94. The lowest BCUT2D eigenvalue weighted by Gasteiger charge is -2.35. The summed E-state index contributed by atoms with van der Waals surface area (Å²) in [5, 5.41) is 2.64. The molecular formula is C14H17F3N2O3. The molecule has 1 N–H and O–H groups in total. The fourth-order valence-electron chi connectivity index (χ4n) is 2.29. The maximum Gasteiger partial charge on any atom is 0.573 e. The van der Waals surface area contributed by atoms with Crippen molar-refractivity contribution in [2.75, 3.05) is 18.4 Å². The van der Waals surface area contributed by atoms with Crippen molar-refractivity contribution < 1.29 is 27.4 Å². The molecule has 0 spiro atoms. The first kappa shape index (κ1) is 16.4. The summed E-state index contributed by atoms with van der Waals surface area (Å²) in [6.45, 7) is 4.68. The molecule has 1 heterocycles. The van der Waals surface area contributed by atoms with E-state index in [1.54, 1.807) is 4.90 Å². The van der Waals surface area contributed by atoms with E-state index in [1.165, 1.54) is 12.1 Å². The minimum Gasteiger partial charge on any atom is -0.406 e. The van der Waals surface area contributed by atoms with Gasteiger partial charge in [0.25, 0.3) is 0 Å². The van der Waals surface area contributed by atoms with E-state index in [2.05, 4.69) is 10.1 Å². The van der Waals surface area contributed by atoms with Crippen LogP contribution in [0.25, 0.3) is 0 Å². The second-order valence-electron chi connectivity index (χ2n) is 5.16. The zero-order valence-corrected chi connectivity index (χ0v) is 12.2. The monoisotopic (exact) mass is 318 g/mol. The molecule has 2 unspecified atom stereocenters. The Hall–Kier alpha value is -1.96. The van der Waals surface area contributed by atoms with Crippen LogP contribution in [0.2, 0.25) is 0 Å². The van der Waals surface area contributed by atoms with Crippen molar-refractivity contribution in [1.29, 1.82) is 0 Å². The Bertz CT molecular complexity index is 509. The molecule has 1 fully saturated rings. The number of halogens is 3. The summed E-state index contributed by atoms with van der Waals surface area (Å²) in [7, 11) is 0. The number of nitrogens with zero attached hydrogens (tertiary/aromatic N) is 1. The molecule has 122 valence electrons. The second-order valence-corrected chi connectivity index (χ2v) is 5.16. The predicted molar refractivity (Wildman–Crippen MR) is 73.7 cm³/mol. The molecule has 2 rings (SSSR count). The van der Waals surface area contributed by atoms with Crippen LogP contribution in [0.3, 0.4) is 0 Å². The van der Waals surface area contributed by atoms with E-state index < -0.39 is 6.36 Å². The molecule has 0 saturated carbocycles. The van der Waals surface area contributed by atoms with E-state index in [4.69, 9.17) is 4.74 Å². The molecule has 0 radical (unpaired) electrons. The summed E-state index contributed by atoms with van der Waals surface area (Å²) in [5.74, 6) is -0.334. The van der Waals surface area contributed by atoms with Gasteiger partial charge >= 0.3 is 12.4 Å². The largest absolute Gasteiger partial charge is 0.573 e. The number of amides is 2. The molecule has 1 aromatic rings. The molecule has 8 heteroatoms. The number of morpholine rings is 1. The number of hydrogen-bond donors (Lipinski definition) is 1. The number of hydrogen-bond acceptors (Lipinski definition) is 3. The van der Waals surface area contributed by atoms with E-state index in [-0.39, 0.29) is 24.0 Å². The Morgan fingerprint density at radius 1 is 1.23 bits per heavy atom. The molecule has 0 aliphatic carbocycles. The average molecular weight is 318 g/mol. The van der Waals surface area contributed by atoms with Gasteiger partial charge < -0.3 is 19.7 Å². The van der Waals surface area contributed by atoms with Crippen LogP contribution >= 0.6 is 0 Å². The maximum absolute atomic E-state index is 12.1. The topological polar surface area (TPSA) is 50.8 Å². The van der Waals surface area contributed by atoms with Gasteiger partial charge in [-0.3, -0.25) is 0 Å². The summed E-state index contributed by atoms with van der Waals surface area (Å²) in [6, 6.07) is 4.69. The number of benzene rings is 1. The number of rotatable bonds is 2. The second kappa shape index (κ2) is 6.43.